The molecular formula is C18H19N5O3. The molecule has 134 valence electrons. The Morgan fingerprint density at radius 3 is 2.81 bits per heavy atom. The smallest absolute Gasteiger partial charge is 0.327 e. The number of hydrogen-bond acceptors (Lipinski definition) is 5. The van der Waals surface area contributed by atoms with Gasteiger partial charge >= 0.3 is 5.69 Å². The van der Waals surface area contributed by atoms with Crippen molar-refractivity contribution < 1.29 is 9.53 Å². The van der Waals surface area contributed by atoms with Crippen LogP contribution in [-0.4, -0.2) is 38.6 Å². The minimum absolute atomic E-state index is 0.00470. The number of aryl methyl sites for hydroxylation is 2. The molecule has 2 aromatic heterocycles. The summed E-state index contributed by atoms with van der Waals surface area (Å²) in [6.07, 6.45) is 1.45. The molecule has 1 fully saturated rings. The Bertz CT molecular complexity index is 1000. The van der Waals surface area contributed by atoms with Gasteiger partial charge in [-0.1, -0.05) is 30.3 Å². The Hall–Kier alpha value is -3.00. The van der Waals surface area contributed by atoms with E-state index in [1.165, 1.54) is 4.57 Å². The summed E-state index contributed by atoms with van der Waals surface area (Å²) in [6.45, 7) is 1.58. The molecule has 4 rings (SSSR count). The number of nitrogens with two attached hydrogens (primary N) is 1. The molecule has 8 nitrogen and oxygen atoms in total. The molecule has 0 radical (unpaired) electrons. The van der Waals surface area contributed by atoms with Gasteiger partial charge in [0, 0.05) is 19.1 Å². The summed E-state index contributed by atoms with van der Waals surface area (Å²) in [5, 5.41) is 0. The van der Waals surface area contributed by atoms with E-state index in [-0.39, 0.29) is 17.3 Å². The summed E-state index contributed by atoms with van der Waals surface area (Å²) in [4.78, 5) is 35.8. The Morgan fingerprint density at radius 2 is 2.12 bits per heavy atom. The van der Waals surface area contributed by atoms with Crippen molar-refractivity contribution in [3.8, 4) is 0 Å². The highest BCUT2D eigenvalue weighted by atomic mass is 16.5. The van der Waals surface area contributed by atoms with E-state index in [2.05, 4.69) is 15.0 Å². The summed E-state index contributed by atoms with van der Waals surface area (Å²) in [5.41, 5.74) is 7.02. The van der Waals surface area contributed by atoms with Crippen LogP contribution >= 0.6 is 0 Å². The van der Waals surface area contributed by atoms with Gasteiger partial charge in [-0.2, -0.15) is 0 Å². The maximum Gasteiger partial charge on any atom is 0.327 e. The zero-order valence-corrected chi connectivity index (χ0v) is 14.1. The number of nitrogens with zero attached hydrogens (tertiary/aromatic N) is 3. The number of rotatable bonds is 5. The highest BCUT2D eigenvalue weighted by Crippen LogP contribution is 2.24. The molecule has 1 atom stereocenters. The molecule has 0 aliphatic carbocycles. The molecule has 1 amide bonds. The zero-order chi connectivity index (χ0) is 18.1. The van der Waals surface area contributed by atoms with Crippen LogP contribution in [0.5, 0.6) is 0 Å². The third kappa shape index (κ3) is 2.99. The molecule has 0 saturated carbocycles. The first-order valence-electron chi connectivity index (χ1n) is 8.55. The van der Waals surface area contributed by atoms with Gasteiger partial charge in [0.2, 0.25) is 0 Å². The van der Waals surface area contributed by atoms with Gasteiger partial charge in [0.1, 0.15) is 11.3 Å². The van der Waals surface area contributed by atoms with Crippen LogP contribution in [0.3, 0.4) is 0 Å². The van der Waals surface area contributed by atoms with Crippen molar-refractivity contribution in [2.45, 2.75) is 25.3 Å². The lowest BCUT2D eigenvalue weighted by Gasteiger charge is -2.09. The number of nitrogens with one attached hydrogen (secondary N) is 1. The maximum atomic E-state index is 12.4. The predicted octanol–water partition coefficient (Wildman–Crippen LogP) is 0.965. The number of carbonyl (C=O) groups excluding carboxylic acids is 1. The monoisotopic (exact) mass is 353 g/mol. The molecule has 1 unspecified atom stereocenters. The van der Waals surface area contributed by atoms with E-state index >= 15 is 0 Å². The first-order valence-corrected chi connectivity index (χ1v) is 8.55. The van der Waals surface area contributed by atoms with Crippen molar-refractivity contribution in [1.29, 1.82) is 0 Å². The molecule has 0 spiro atoms. The third-order valence-electron chi connectivity index (χ3n) is 4.64. The minimum atomic E-state index is -0.686. The van der Waals surface area contributed by atoms with E-state index in [1.54, 1.807) is 0 Å². The average molecular weight is 353 g/mol. The van der Waals surface area contributed by atoms with Gasteiger partial charge < -0.3 is 15.5 Å². The van der Waals surface area contributed by atoms with Crippen LogP contribution in [0.25, 0.3) is 11.2 Å². The largest absolute Gasteiger partial charge is 0.381 e. The molecule has 0 bridgehead atoms. The fraction of sp³-hybridized carbons (Fsp3) is 0.333. The summed E-state index contributed by atoms with van der Waals surface area (Å²) in [5.74, 6) is -0.185. The maximum absolute atomic E-state index is 12.4. The quantitative estimate of drug-likeness (QED) is 0.709. The number of hydrogen-bond donors (Lipinski definition) is 2. The lowest BCUT2D eigenvalue weighted by Crippen LogP contribution is -2.19. The van der Waals surface area contributed by atoms with E-state index in [0.29, 0.717) is 43.2 Å². The Balaban J connectivity index is 1.78. The molecule has 26 heavy (non-hydrogen) atoms. The SMILES string of the molecule is NC(=O)c1nc(C2CCOC2)nc2c1[nH]c(=O)n2CCc1ccccc1. The van der Waals surface area contributed by atoms with Gasteiger partial charge in [-0.15, -0.1) is 0 Å². The van der Waals surface area contributed by atoms with Gasteiger partial charge in [-0.25, -0.2) is 14.8 Å². The molecule has 1 aliphatic rings. The van der Waals surface area contributed by atoms with Gasteiger partial charge in [-0.05, 0) is 18.4 Å². The second kappa shape index (κ2) is 6.72. The molecule has 8 heteroatoms. The number of benzene rings is 1. The molecular weight excluding hydrogens is 334 g/mol. The van der Waals surface area contributed by atoms with Crippen LogP contribution in [0.1, 0.15) is 34.2 Å². The Kier molecular flexibility index (Phi) is 4.26. The third-order valence-corrected chi connectivity index (χ3v) is 4.64. The summed E-state index contributed by atoms with van der Waals surface area (Å²) in [7, 11) is 0. The second-order valence-electron chi connectivity index (χ2n) is 6.37. The van der Waals surface area contributed by atoms with Gasteiger partial charge in [-0.3, -0.25) is 9.36 Å². The van der Waals surface area contributed by atoms with Crippen molar-refractivity contribution in [2.75, 3.05) is 13.2 Å². The van der Waals surface area contributed by atoms with Crippen molar-refractivity contribution in [3.05, 3.63) is 57.9 Å². The second-order valence-corrected chi connectivity index (χ2v) is 6.37. The van der Waals surface area contributed by atoms with Gasteiger partial charge in [0.15, 0.2) is 11.3 Å². The number of aromatic amines is 1. The number of ether oxygens (including phenoxy) is 1. The number of H-pyrrole nitrogens is 1. The van der Waals surface area contributed by atoms with Crippen molar-refractivity contribution in [1.82, 2.24) is 19.5 Å². The Morgan fingerprint density at radius 1 is 1.31 bits per heavy atom. The average Bonchev–Trinajstić information content (AvgIpc) is 3.27. The fourth-order valence-corrected chi connectivity index (χ4v) is 3.24. The molecule has 3 N–H and O–H groups in total. The van der Waals surface area contributed by atoms with Crippen molar-refractivity contribution >= 4 is 17.1 Å². The number of amides is 1. The predicted molar refractivity (Wildman–Crippen MR) is 95.0 cm³/mol. The van der Waals surface area contributed by atoms with Crippen LogP contribution in [0.2, 0.25) is 0 Å². The van der Waals surface area contributed by atoms with Gasteiger partial charge in [0.25, 0.3) is 5.91 Å². The van der Waals surface area contributed by atoms with Crippen LogP contribution in [0.15, 0.2) is 35.1 Å². The highest BCUT2D eigenvalue weighted by molar-refractivity contribution is 6.01. The van der Waals surface area contributed by atoms with E-state index in [4.69, 9.17) is 10.5 Å². The van der Waals surface area contributed by atoms with Crippen molar-refractivity contribution in [3.63, 3.8) is 0 Å². The van der Waals surface area contributed by atoms with E-state index in [1.807, 2.05) is 30.3 Å². The fourth-order valence-electron chi connectivity index (χ4n) is 3.24. The number of aromatic nitrogens is 4. The summed E-state index contributed by atoms with van der Waals surface area (Å²) >= 11 is 0. The molecule has 1 aliphatic heterocycles. The standard InChI is InChI=1S/C18H19N5O3/c19-15(24)13-14-17(22-16(20-13)12-7-9-26-10-12)23(18(25)21-14)8-6-11-4-2-1-3-5-11/h1-5,12H,6-10H2,(H2,19,24)(H,21,25). The van der Waals surface area contributed by atoms with Gasteiger partial charge in [0.05, 0.1) is 6.61 Å². The van der Waals surface area contributed by atoms with Crippen LogP contribution in [0, 0.1) is 0 Å². The normalized spacial score (nSPS) is 17.0. The number of primary amides is 1. The van der Waals surface area contributed by atoms with Crippen LogP contribution in [0.4, 0.5) is 0 Å². The first-order chi connectivity index (χ1) is 12.6. The number of imidazole rings is 1. The lowest BCUT2D eigenvalue weighted by atomic mass is 10.1. The summed E-state index contributed by atoms with van der Waals surface area (Å²) < 4.78 is 6.93. The number of carbonyl (C=O) groups is 1. The lowest BCUT2D eigenvalue weighted by molar-refractivity contribution is 0.0996. The molecule has 1 saturated heterocycles. The highest BCUT2D eigenvalue weighted by Gasteiger charge is 2.25. The Labute approximate surface area is 149 Å². The topological polar surface area (TPSA) is 116 Å². The zero-order valence-electron chi connectivity index (χ0n) is 14.1. The molecule has 3 heterocycles. The first kappa shape index (κ1) is 16.5. The molecule has 1 aromatic carbocycles. The van der Waals surface area contributed by atoms with E-state index in [9.17, 15) is 9.59 Å². The summed E-state index contributed by atoms with van der Waals surface area (Å²) in [6, 6.07) is 9.87. The van der Waals surface area contributed by atoms with E-state index < -0.39 is 5.91 Å². The van der Waals surface area contributed by atoms with E-state index in [0.717, 1.165) is 12.0 Å². The number of fused-ring (bicyclic) bond motifs is 1. The van der Waals surface area contributed by atoms with Crippen molar-refractivity contribution in [2.24, 2.45) is 5.73 Å². The van der Waals surface area contributed by atoms with Crippen LogP contribution in [-0.2, 0) is 17.7 Å². The molecule has 3 aromatic rings. The minimum Gasteiger partial charge on any atom is -0.381 e. The van der Waals surface area contributed by atoms with Crippen LogP contribution < -0.4 is 11.4 Å².